The summed E-state index contributed by atoms with van der Waals surface area (Å²) in [7, 11) is 1.40. The van der Waals surface area contributed by atoms with Crippen LogP contribution in [0.3, 0.4) is 0 Å². The van der Waals surface area contributed by atoms with Crippen molar-refractivity contribution >= 4 is 5.97 Å². The largest absolute Gasteiger partial charge is 0.494 e. The summed E-state index contributed by atoms with van der Waals surface area (Å²) in [6.07, 6.45) is 0. The van der Waals surface area contributed by atoms with Crippen molar-refractivity contribution in [1.82, 2.24) is 5.32 Å². The summed E-state index contributed by atoms with van der Waals surface area (Å²) in [6, 6.07) is 3.63. The summed E-state index contributed by atoms with van der Waals surface area (Å²) in [6.45, 7) is 3.32. The van der Waals surface area contributed by atoms with Gasteiger partial charge in [-0.05, 0) is 31.5 Å². The highest BCUT2D eigenvalue weighted by molar-refractivity contribution is 5.72. The average molecular weight is 241 g/mol. The van der Waals surface area contributed by atoms with Gasteiger partial charge >= 0.3 is 5.97 Å². The number of nitrogens with one attached hydrogen (secondary N) is 1. The lowest BCUT2D eigenvalue weighted by atomic mass is 10.1. The molecular weight excluding hydrogens is 225 g/mol. The van der Waals surface area contributed by atoms with Crippen molar-refractivity contribution in [3.05, 3.63) is 29.6 Å². The lowest BCUT2D eigenvalue weighted by Gasteiger charge is -2.17. The Labute approximate surface area is 99.4 Å². The second kappa shape index (κ2) is 5.63. The molecule has 1 aromatic rings. The molecule has 0 bridgehead atoms. The van der Waals surface area contributed by atoms with E-state index in [1.54, 1.807) is 19.9 Å². The van der Waals surface area contributed by atoms with Crippen molar-refractivity contribution in [3.63, 3.8) is 0 Å². The van der Waals surface area contributed by atoms with Gasteiger partial charge in [-0.1, -0.05) is 6.07 Å². The van der Waals surface area contributed by atoms with Gasteiger partial charge in [-0.2, -0.15) is 0 Å². The summed E-state index contributed by atoms with van der Waals surface area (Å²) in [5.41, 5.74) is 0.677. The van der Waals surface area contributed by atoms with Crippen LogP contribution in [0.25, 0.3) is 0 Å². The van der Waals surface area contributed by atoms with Crippen LogP contribution in [0.1, 0.15) is 25.5 Å². The molecule has 17 heavy (non-hydrogen) atoms. The molecule has 2 N–H and O–H groups in total. The van der Waals surface area contributed by atoms with E-state index in [0.717, 1.165) is 0 Å². The SMILES string of the molecule is COc1ccc(C(C)NC(C)C(=O)O)cc1F. The van der Waals surface area contributed by atoms with Crippen LogP contribution in [0.15, 0.2) is 18.2 Å². The zero-order chi connectivity index (χ0) is 13.0. The van der Waals surface area contributed by atoms with Gasteiger partial charge in [-0.25, -0.2) is 4.39 Å². The second-order valence-corrected chi connectivity index (χ2v) is 3.84. The number of hydrogen-bond acceptors (Lipinski definition) is 3. The molecule has 1 aromatic carbocycles. The maximum atomic E-state index is 13.4. The van der Waals surface area contributed by atoms with Gasteiger partial charge in [0.05, 0.1) is 7.11 Å². The quantitative estimate of drug-likeness (QED) is 0.827. The standard InChI is InChI=1S/C12H16FNO3/c1-7(14-8(2)12(15)16)9-4-5-11(17-3)10(13)6-9/h4-8,14H,1-3H3,(H,15,16). The smallest absolute Gasteiger partial charge is 0.320 e. The molecule has 0 aliphatic rings. The van der Waals surface area contributed by atoms with E-state index in [0.29, 0.717) is 5.56 Å². The zero-order valence-electron chi connectivity index (χ0n) is 10.0. The molecule has 0 saturated heterocycles. The molecule has 2 unspecified atom stereocenters. The fourth-order valence-electron chi connectivity index (χ4n) is 1.49. The Balaban J connectivity index is 2.79. The molecule has 0 spiro atoms. The van der Waals surface area contributed by atoms with Gasteiger partial charge < -0.3 is 9.84 Å². The fourth-order valence-corrected chi connectivity index (χ4v) is 1.49. The fraction of sp³-hybridized carbons (Fsp3) is 0.417. The van der Waals surface area contributed by atoms with Gasteiger partial charge in [0.1, 0.15) is 6.04 Å². The highest BCUT2D eigenvalue weighted by Gasteiger charge is 2.16. The normalized spacial score (nSPS) is 14.1. The lowest BCUT2D eigenvalue weighted by Crippen LogP contribution is -2.35. The number of carbonyl (C=O) groups is 1. The first kappa shape index (κ1) is 13.4. The summed E-state index contributed by atoms with van der Waals surface area (Å²) in [4.78, 5) is 10.7. The molecule has 0 amide bonds. The van der Waals surface area contributed by atoms with E-state index >= 15 is 0 Å². The summed E-state index contributed by atoms with van der Waals surface area (Å²) >= 11 is 0. The van der Waals surface area contributed by atoms with Crippen LogP contribution in [-0.4, -0.2) is 24.2 Å². The average Bonchev–Trinajstić information content (AvgIpc) is 2.28. The van der Waals surface area contributed by atoms with Crippen molar-refractivity contribution in [1.29, 1.82) is 0 Å². The molecule has 0 aliphatic heterocycles. The van der Waals surface area contributed by atoms with E-state index in [-0.39, 0.29) is 11.8 Å². The van der Waals surface area contributed by atoms with Crippen molar-refractivity contribution in [2.45, 2.75) is 25.9 Å². The Bertz CT molecular complexity index is 409. The number of methoxy groups -OCH3 is 1. The molecule has 2 atom stereocenters. The number of carboxylic acids is 1. The van der Waals surface area contributed by atoms with E-state index in [1.165, 1.54) is 19.2 Å². The van der Waals surface area contributed by atoms with Crippen LogP contribution < -0.4 is 10.1 Å². The van der Waals surface area contributed by atoms with Gasteiger partial charge in [-0.15, -0.1) is 0 Å². The number of halogens is 1. The topological polar surface area (TPSA) is 58.6 Å². The number of rotatable bonds is 5. The maximum Gasteiger partial charge on any atom is 0.320 e. The lowest BCUT2D eigenvalue weighted by molar-refractivity contribution is -0.139. The summed E-state index contributed by atoms with van der Waals surface area (Å²) in [5.74, 6) is -1.22. The molecule has 1 rings (SSSR count). The molecule has 0 aliphatic carbocycles. The summed E-state index contributed by atoms with van der Waals surface area (Å²) < 4.78 is 18.2. The molecule has 5 heteroatoms. The van der Waals surface area contributed by atoms with Crippen molar-refractivity contribution < 1.29 is 19.0 Å². The minimum atomic E-state index is -0.939. The predicted octanol–water partition coefficient (Wildman–Crippen LogP) is 1.96. The minimum Gasteiger partial charge on any atom is -0.494 e. The zero-order valence-corrected chi connectivity index (χ0v) is 10.0. The Morgan fingerprint density at radius 3 is 2.59 bits per heavy atom. The Hall–Kier alpha value is -1.62. The van der Waals surface area contributed by atoms with Gasteiger partial charge in [0, 0.05) is 6.04 Å². The molecule has 0 fully saturated rings. The van der Waals surface area contributed by atoms with Crippen LogP contribution in [0.2, 0.25) is 0 Å². The predicted molar refractivity (Wildman–Crippen MR) is 61.6 cm³/mol. The number of hydrogen-bond donors (Lipinski definition) is 2. The molecule has 0 radical (unpaired) electrons. The van der Waals surface area contributed by atoms with E-state index < -0.39 is 17.8 Å². The number of carboxylic acid groups (broad SMARTS) is 1. The number of ether oxygens (including phenoxy) is 1. The molecule has 4 nitrogen and oxygen atoms in total. The summed E-state index contributed by atoms with van der Waals surface area (Å²) in [5, 5.41) is 11.6. The first-order valence-electron chi connectivity index (χ1n) is 5.28. The molecule has 0 aromatic heterocycles. The third-order valence-electron chi connectivity index (χ3n) is 2.55. The van der Waals surface area contributed by atoms with Crippen LogP contribution in [0.5, 0.6) is 5.75 Å². The first-order valence-corrected chi connectivity index (χ1v) is 5.28. The monoisotopic (exact) mass is 241 g/mol. The number of aliphatic carboxylic acids is 1. The third-order valence-corrected chi connectivity index (χ3v) is 2.55. The highest BCUT2D eigenvalue weighted by atomic mass is 19.1. The minimum absolute atomic E-state index is 0.173. The van der Waals surface area contributed by atoms with Crippen LogP contribution in [0, 0.1) is 5.82 Å². The Morgan fingerprint density at radius 1 is 1.47 bits per heavy atom. The van der Waals surface area contributed by atoms with E-state index in [1.807, 2.05) is 0 Å². The van der Waals surface area contributed by atoms with Gasteiger partial charge in [0.15, 0.2) is 11.6 Å². The van der Waals surface area contributed by atoms with E-state index in [2.05, 4.69) is 5.32 Å². The van der Waals surface area contributed by atoms with Crippen LogP contribution in [-0.2, 0) is 4.79 Å². The van der Waals surface area contributed by atoms with Crippen LogP contribution >= 0.6 is 0 Å². The third kappa shape index (κ3) is 3.42. The van der Waals surface area contributed by atoms with E-state index in [9.17, 15) is 9.18 Å². The number of benzene rings is 1. The molecule has 0 saturated carbocycles. The molecular formula is C12H16FNO3. The van der Waals surface area contributed by atoms with Crippen molar-refractivity contribution in [2.75, 3.05) is 7.11 Å². The van der Waals surface area contributed by atoms with Crippen molar-refractivity contribution in [3.8, 4) is 5.75 Å². The Kier molecular flexibility index (Phi) is 4.45. The highest BCUT2D eigenvalue weighted by Crippen LogP contribution is 2.21. The second-order valence-electron chi connectivity index (χ2n) is 3.84. The van der Waals surface area contributed by atoms with Crippen molar-refractivity contribution in [2.24, 2.45) is 0 Å². The van der Waals surface area contributed by atoms with Crippen LogP contribution in [0.4, 0.5) is 4.39 Å². The Morgan fingerprint density at radius 2 is 2.12 bits per heavy atom. The molecule has 94 valence electrons. The van der Waals surface area contributed by atoms with E-state index in [4.69, 9.17) is 9.84 Å². The molecule has 0 heterocycles. The maximum absolute atomic E-state index is 13.4. The first-order chi connectivity index (χ1) is 7.95. The van der Waals surface area contributed by atoms with Gasteiger partial charge in [0.25, 0.3) is 0 Å². The van der Waals surface area contributed by atoms with Gasteiger partial charge in [-0.3, -0.25) is 10.1 Å². The van der Waals surface area contributed by atoms with Gasteiger partial charge in [0.2, 0.25) is 0 Å².